The van der Waals surface area contributed by atoms with Gasteiger partial charge in [-0.2, -0.15) is 0 Å². The summed E-state index contributed by atoms with van der Waals surface area (Å²) in [7, 11) is 0. The van der Waals surface area contributed by atoms with Crippen LogP contribution in [0.15, 0.2) is 102 Å². The number of anilines is 1. The lowest BCUT2D eigenvalue weighted by Crippen LogP contribution is -2.04. The number of aromatic nitrogens is 1. The summed E-state index contributed by atoms with van der Waals surface area (Å²) in [6.07, 6.45) is 9.85. The lowest BCUT2D eigenvalue weighted by Gasteiger charge is -2.10. The van der Waals surface area contributed by atoms with Crippen LogP contribution in [0.3, 0.4) is 0 Å². The van der Waals surface area contributed by atoms with Crippen molar-refractivity contribution in [1.29, 1.82) is 0 Å². The topological polar surface area (TPSA) is 24.9 Å². The van der Waals surface area contributed by atoms with Gasteiger partial charge in [0.1, 0.15) is 11.6 Å². The summed E-state index contributed by atoms with van der Waals surface area (Å²) in [5.74, 6) is 0.612. The Morgan fingerprint density at radius 2 is 1.73 bits per heavy atom. The molecular formula is C27H27FN2. The zero-order chi connectivity index (χ0) is 21.5. The Morgan fingerprint density at radius 3 is 2.50 bits per heavy atom. The van der Waals surface area contributed by atoms with Crippen molar-refractivity contribution in [3.05, 3.63) is 108 Å². The molecule has 2 aromatic carbocycles. The Bertz CT molecular complexity index is 1150. The van der Waals surface area contributed by atoms with E-state index < -0.39 is 0 Å². The van der Waals surface area contributed by atoms with Crippen LogP contribution in [0.4, 0.5) is 10.2 Å². The van der Waals surface area contributed by atoms with Crippen LogP contribution in [0.25, 0.3) is 21.9 Å². The maximum absolute atomic E-state index is 13.6. The van der Waals surface area contributed by atoms with Gasteiger partial charge in [-0.15, -0.1) is 0 Å². The molecule has 0 bridgehead atoms. The maximum atomic E-state index is 13.6. The third-order valence-electron chi connectivity index (χ3n) is 5.06. The zero-order valence-corrected chi connectivity index (χ0v) is 17.7. The van der Waals surface area contributed by atoms with E-state index in [1.165, 1.54) is 22.8 Å². The van der Waals surface area contributed by atoms with E-state index in [-0.39, 0.29) is 5.82 Å². The summed E-state index contributed by atoms with van der Waals surface area (Å²) in [5.41, 5.74) is 5.47. The summed E-state index contributed by atoms with van der Waals surface area (Å²) in [5, 5.41) is 5.54. The average molecular weight is 399 g/mol. The van der Waals surface area contributed by atoms with Gasteiger partial charge in [0.15, 0.2) is 0 Å². The third kappa shape index (κ3) is 5.32. The summed E-state index contributed by atoms with van der Waals surface area (Å²) in [6.45, 7) is 10.7. The molecule has 1 N–H and O–H groups in total. The summed E-state index contributed by atoms with van der Waals surface area (Å²) >= 11 is 0. The van der Waals surface area contributed by atoms with Crippen LogP contribution >= 0.6 is 0 Å². The van der Waals surface area contributed by atoms with Gasteiger partial charge in [-0.25, -0.2) is 9.37 Å². The standard InChI is InChI=1S/C27H27FN2/c1-5-7-20(3)21(4)11-10-19(2)18-30-27-26-13-12-23(16-24(26)14-15-29-27)22-8-6-9-25(28)17-22/h5-17H,1,18H2,2-4H3,(H,29,30)/b19-10+,20-7+,21-11+. The minimum absolute atomic E-state index is 0.230. The number of halogens is 1. The molecule has 0 atom stereocenters. The monoisotopic (exact) mass is 398 g/mol. The fourth-order valence-electron chi connectivity index (χ4n) is 3.16. The molecule has 152 valence electrons. The third-order valence-corrected chi connectivity index (χ3v) is 5.06. The summed E-state index contributed by atoms with van der Waals surface area (Å²) in [4.78, 5) is 4.51. The molecule has 0 saturated carbocycles. The number of hydrogen-bond acceptors (Lipinski definition) is 2. The highest BCUT2D eigenvalue weighted by atomic mass is 19.1. The summed E-state index contributed by atoms with van der Waals surface area (Å²) in [6, 6.07) is 14.8. The predicted molar refractivity (Wildman–Crippen MR) is 127 cm³/mol. The minimum atomic E-state index is -0.230. The van der Waals surface area contributed by atoms with E-state index in [9.17, 15) is 4.39 Å². The van der Waals surface area contributed by atoms with E-state index in [2.05, 4.69) is 55.9 Å². The first-order chi connectivity index (χ1) is 14.5. The number of nitrogens with one attached hydrogen (secondary N) is 1. The first-order valence-corrected chi connectivity index (χ1v) is 10.0. The Balaban J connectivity index is 1.78. The van der Waals surface area contributed by atoms with E-state index in [0.717, 1.165) is 27.7 Å². The predicted octanol–water partition coefficient (Wildman–Crippen LogP) is 7.48. The smallest absolute Gasteiger partial charge is 0.134 e. The molecule has 0 saturated heterocycles. The minimum Gasteiger partial charge on any atom is -0.366 e. The molecule has 3 heteroatoms. The quantitative estimate of drug-likeness (QED) is 0.417. The van der Waals surface area contributed by atoms with Gasteiger partial charge in [0, 0.05) is 18.1 Å². The van der Waals surface area contributed by atoms with E-state index in [0.29, 0.717) is 6.54 Å². The number of pyridine rings is 1. The van der Waals surface area contributed by atoms with Crippen LogP contribution in [0.5, 0.6) is 0 Å². The number of fused-ring (bicyclic) bond motifs is 1. The Morgan fingerprint density at radius 1 is 0.967 bits per heavy atom. The molecule has 0 spiro atoms. The second-order valence-electron chi connectivity index (χ2n) is 7.41. The van der Waals surface area contributed by atoms with Gasteiger partial charge >= 0.3 is 0 Å². The Kier molecular flexibility index (Phi) is 6.97. The largest absolute Gasteiger partial charge is 0.366 e. The van der Waals surface area contributed by atoms with Crippen molar-refractivity contribution in [2.75, 3.05) is 11.9 Å². The molecule has 0 aliphatic heterocycles. The zero-order valence-electron chi connectivity index (χ0n) is 17.7. The summed E-state index contributed by atoms with van der Waals surface area (Å²) < 4.78 is 13.6. The van der Waals surface area contributed by atoms with E-state index in [1.807, 2.05) is 30.3 Å². The fourth-order valence-corrected chi connectivity index (χ4v) is 3.16. The lowest BCUT2D eigenvalue weighted by molar-refractivity contribution is 0.628. The van der Waals surface area contributed by atoms with Crippen LogP contribution in [0.1, 0.15) is 20.8 Å². The van der Waals surface area contributed by atoms with Gasteiger partial charge < -0.3 is 5.32 Å². The molecule has 1 heterocycles. The molecular weight excluding hydrogens is 371 g/mol. The normalized spacial score (nSPS) is 12.9. The number of rotatable bonds is 7. The fraction of sp³-hybridized carbons (Fsp3) is 0.148. The highest BCUT2D eigenvalue weighted by Crippen LogP contribution is 2.28. The van der Waals surface area contributed by atoms with Gasteiger partial charge in [0.05, 0.1) is 0 Å². The lowest BCUT2D eigenvalue weighted by atomic mass is 10.0. The van der Waals surface area contributed by atoms with Crippen molar-refractivity contribution in [3.8, 4) is 11.1 Å². The van der Waals surface area contributed by atoms with Crippen molar-refractivity contribution in [3.63, 3.8) is 0 Å². The Labute approximate surface area is 178 Å². The molecule has 0 amide bonds. The molecule has 0 unspecified atom stereocenters. The highest BCUT2D eigenvalue weighted by molar-refractivity contribution is 5.94. The molecule has 1 aromatic heterocycles. The van der Waals surface area contributed by atoms with E-state index in [1.54, 1.807) is 24.4 Å². The molecule has 0 aliphatic rings. The maximum Gasteiger partial charge on any atom is 0.134 e. The first kappa shape index (κ1) is 21.3. The number of hydrogen-bond donors (Lipinski definition) is 1. The SMILES string of the molecule is C=C/C=C(C)/C(C)=C/C=C(\C)CNc1nccc2cc(-c3cccc(F)c3)ccc12. The first-order valence-electron chi connectivity index (χ1n) is 10.0. The second kappa shape index (κ2) is 9.84. The van der Waals surface area contributed by atoms with Crippen molar-refractivity contribution in [1.82, 2.24) is 4.98 Å². The van der Waals surface area contributed by atoms with Gasteiger partial charge in [-0.3, -0.25) is 0 Å². The second-order valence-corrected chi connectivity index (χ2v) is 7.41. The molecule has 3 rings (SSSR count). The molecule has 30 heavy (non-hydrogen) atoms. The van der Waals surface area contributed by atoms with E-state index >= 15 is 0 Å². The number of allylic oxidation sites excluding steroid dienone is 6. The molecule has 0 radical (unpaired) electrons. The van der Waals surface area contributed by atoms with Crippen LogP contribution in [-0.4, -0.2) is 11.5 Å². The molecule has 2 nitrogen and oxygen atoms in total. The van der Waals surface area contributed by atoms with Crippen molar-refractivity contribution in [2.24, 2.45) is 0 Å². The van der Waals surface area contributed by atoms with Gasteiger partial charge in [-0.05, 0) is 72.7 Å². The van der Waals surface area contributed by atoms with Crippen LogP contribution in [0, 0.1) is 5.82 Å². The van der Waals surface area contributed by atoms with Crippen molar-refractivity contribution < 1.29 is 4.39 Å². The molecule has 0 aliphatic carbocycles. The van der Waals surface area contributed by atoms with Gasteiger partial charge in [0.2, 0.25) is 0 Å². The van der Waals surface area contributed by atoms with Gasteiger partial charge in [-0.1, -0.05) is 60.7 Å². The van der Waals surface area contributed by atoms with Crippen LogP contribution in [-0.2, 0) is 0 Å². The van der Waals surface area contributed by atoms with Crippen LogP contribution in [0.2, 0.25) is 0 Å². The molecule has 0 fully saturated rings. The highest BCUT2D eigenvalue weighted by Gasteiger charge is 2.05. The molecule has 3 aromatic rings. The van der Waals surface area contributed by atoms with Crippen molar-refractivity contribution >= 4 is 16.6 Å². The van der Waals surface area contributed by atoms with Crippen LogP contribution < -0.4 is 5.32 Å². The number of benzene rings is 2. The van der Waals surface area contributed by atoms with E-state index in [4.69, 9.17) is 0 Å². The van der Waals surface area contributed by atoms with Gasteiger partial charge in [0.25, 0.3) is 0 Å². The van der Waals surface area contributed by atoms with Crippen molar-refractivity contribution in [2.45, 2.75) is 20.8 Å². The Hall–Kier alpha value is -3.46. The average Bonchev–Trinajstić information content (AvgIpc) is 2.75. The number of nitrogens with zero attached hydrogens (tertiary/aromatic N) is 1.